The molecule has 0 saturated carbocycles. The summed E-state index contributed by atoms with van der Waals surface area (Å²) in [5.74, 6) is -0.484. The van der Waals surface area contributed by atoms with E-state index in [1.54, 1.807) is 42.5 Å². The van der Waals surface area contributed by atoms with Crippen molar-refractivity contribution in [2.75, 3.05) is 47.5 Å². The molecule has 2 aromatic carbocycles. The lowest BCUT2D eigenvalue weighted by Gasteiger charge is -2.29. The monoisotopic (exact) mass is 482 g/mol. The fourth-order valence-electron chi connectivity index (χ4n) is 4.50. The highest BCUT2D eigenvalue weighted by atomic mass is 16.5. The summed E-state index contributed by atoms with van der Waals surface area (Å²) in [6.07, 6.45) is 0.694. The van der Waals surface area contributed by atoms with E-state index in [2.05, 4.69) is 13.8 Å². The number of ketones is 1. The average Bonchev–Trinajstić information content (AvgIpc) is 3.15. The first-order valence-corrected chi connectivity index (χ1v) is 11.9. The summed E-state index contributed by atoms with van der Waals surface area (Å²) < 4.78 is 16.2. The maximum Gasteiger partial charge on any atom is 0.295 e. The van der Waals surface area contributed by atoms with Crippen molar-refractivity contribution in [1.82, 2.24) is 4.90 Å². The van der Waals surface area contributed by atoms with Crippen molar-refractivity contribution in [3.63, 3.8) is 0 Å². The van der Waals surface area contributed by atoms with E-state index in [9.17, 15) is 14.7 Å². The number of likely N-dealkylation sites (tertiary alicyclic amines) is 1. The number of quaternary nitrogens is 1. The van der Waals surface area contributed by atoms with Crippen LogP contribution in [-0.2, 0) is 9.59 Å². The predicted octanol–water partition coefficient (Wildman–Crippen LogP) is 1.25. The molecule has 3 rings (SSSR count). The lowest BCUT2D eigenvalue weighted by atomic mass is 9.94. The van der Waals surface area contributed by atoms with E-state index < -0.39 is 23.5 Å². The minimum atomic E-state index is -0.884. The summed E-state index contributed by atoms with van der Waals surface area (Å²) in [5, 5.41) is 13.7. The van der Waals surface area contributed by atoms with E-state index >= 15 is 0 Å². The molecule has 35 heavy (non-hydrogen) atoms. The normalized spacial score (nSPS) is 17.2. The highest BCUT2D eigenvalue weighted by Crippen LogP contribution is 2.43. The van der Waals surface area contributed by atoms with Gasteiger partial charge >= 0.3 is 0 Å². The first kappa shape index (κ1) is 26.1. The fraction of sp³-hybridized carbons (Fsp3) is 0.407. The van der Waals surface area contributed by atoms with Crippen LogP contribution in [0.15, 0.2) is 48.0 Å². The molecule has 1 aliphatic heterocycles. The fourth-order valence-corrected chi connectivity index (χ4v) is 4.50. The van der Waals surface area contributed by atoms with E-state index in [0.29, 0.717) is 35.8 Å². The molecular formula is C27H34N2O6. The van der Waals surface area contributed by atoms with Crippen LogP contribution in [0.4, 0.5) is 0 Å². The summed E-state index contributed by atoms with van der Waals surface area (Å²) in [6.45, 7) is 7.38. The summed E-state index contributed by atoms with van der Waals surface area (Å²) in [7, 11) is 4.55. The van der Waals surface area contributed by atoms with Crippen molar-refractivity contribution in [2.24, 2.45) is 0 Å². The van der Waals surface area contributed by atoms with Gasteiger partial charge in [0.2, 0.25) is 5.78 Å². The Kier molecular flexibility index (Phi) is 8.76. The van der Waals surface area contributed by atoms with Gasteiger partial charge in [0.25, 0.3) is 5.91 Å². The van der Waals surface area contributed by atoms with Gasteiger partial charge in [-0.3, -0.25) is 9.59 Å². The molecule has 188 valence electrons. The van der Waals surface area contributed by atoms with Crippen molar-refractivity contribution in [1.29, 1.82) is 0 Å². The summed E-state index contributed by atoms with van der Waals surface area (Å²) in [4.78, 5) is 29.4. The predicted molar refractivity (Wildman–Crippen MR) is 130 cm³/mol. The Balaban J connectivity index is 2.14. The van der Waals surface area contributed by atoms with Crippen LogP contribution in [0, 0.1) is 0 Å². The zero-order valence-electron chi connectivity index (χ0n) is 21.1. The standard InChI is InChI=1S/C27H34N2O6/c1-6-28(7-2)14-9-15-29-24(21-17-20(34-4)12-13-22(21)35-5)23(26(31)27(29)32)25(30)18-10-8-11-19(16-18)33-3/h8,10-13,16-17,24,30H,6-7,9,14-15H2,1-5H3/b25-23+. The average molecular weight is 483 g/mol. The Morgan fingerprint density at radius 1 is 0.971 bits per heavy atom. The topological polar surface area (TPSA) is 92.6 Å². The van der Waals surface area contributed by atoms with Gasteiger partial charge in [-0.2, -0.15) is 0 Å². The molecule has 0 aromatic heterocycles. The van der Waals surface area contributed by atoms with Gasteiger partial charge in [-0.1, -0.05) is 17.9 Å². The highest BCUT2D eigenvalue weighted by molar-refractivity contribution is 6.46. The number of rotatable bonds is 11. The Morgan fingerprint density at radius 2 is 1.66 bits per heavy atom. The molecule has 1 aliphatic rings. The highest BCUT2D eigenvalue weighted by Gasteiger charge is 2.45. The van der Waals surface area contributed by atoms with E-state index in [4.69, 9.17) is 14.2 Å². The first-order valence-electron chi connectivity index (χ1n) is 11.9. The van der Waals surface area contributed by atoms with Crippen molar-refractivity contribution in [3.05, 3.63) is 59.2 Å². The van der Waals surface area contributed by atoms with Gasteiger partial charge in [-0.05, 0) is 49.7 Å². The van der Waals surface area contributed by atoms with E-state index in [1.165, 1.54) is 31.1 Å². The SMILES string of the molecule is CC[NH+](CC)CCCN1C(=O)C(=O)/C(=C(/[O-])c2cccc(OC)c2)C1c1cc(OC)ccc1OC. The number of methoxy groups -OCH3 is 3. The molecule has 2 aromatic rings. The van der Waals surface area contributed by atoms with Crippen LogP contribution >= 0.6 is 0 Å². The third-order valence-corrected chi connectivity index (χ3v) is 6.52. The van der Waals surface area contributed by atoms with Gasteiger partial charge in [0.1, 0.15) is 17.2 Å². The third-order valence-electron chi connectivity index (χ3n) is 6.52. The maximum atomic E-state index is 13.7. The number of benzene rings is 2. The molecule has 8 heteroatoms. The third kappa shape index (κ3) is 5.43. The largest absolute Gasteiger partial charge is 0.872 e. The molecule has 1 atom stereocenters. The number of Topliss-reactive ketones (excluding diaryl/α,β-unsaturated/α-hetero) is 1. The lowest BCUT2D eigenvalue weighted by molar-refractivity contribution is -0.896. The molecule has 1 heterocycles. The maximum absolute atomic E-state index is 13.7. The van der Waals surface area contributed by atoms with Gasteiger partial charge < -0.3 is 29.1 Å². The quantitative estimate of drug-likeness (QED) is 0.295. The van der Waals surface area contributed by atoms with Gasteiger partial charge in [-0.25, -0.2) is 0 Å². The summed E-state index contributed by atoms with van der Waals surface area (Å²) in [6, 6.07) is 10.9. The number of nitrogens with one attached hydrogen (secondary N) is 1. The van der Waals surface area contributed by atoms with Crippen LogP contribution in [-0.4, -0.2) is 64.1 Å². The summed E-state index contributed by atoms with van der Waals surface area (Å²) in [5.41, 5.74) is 0.722. The van der Waals surface area contributed by atoms with Crippen LogP contribution in [0.1, 0.15) is 37.4 Å². The number of carbonyl (C=O) groups excluding carboxylic acids is 2. The van der Waals surface area contributed by atoms with Gasteiger partial charge in [-0.15, -0.1) is 0 Å². The molecule has 1 unspecified atom stereocenters. The zero-order chi connectivity index (χ0) is 25.5. The van der Waals surface area contributed by atoms with Gasteiger partial charge in [0.15, 0.2) is 0 Å². The molecule has 0 radical (unpaired) electrons. The molecule has 1 saturated heterocycles. The molecule has 8 nitrogen and oxygen atoms in total. The lowest BCUT2D eigenvalue weighted by Crippen LogP contribution is -3.11. The van der Waals surface area contributed by atoms with E-state index in [0.717, 1.165) is 19.6 Å². The van der Waals surface area contributed by atoms with Gasteiger partial charge in [0, 0.05) is 24.1 Å². The number of hydrogen-bond acceptors (Lipinski definition) is 6. The van der Waals surface area contributed by atoms with Crippen LogP contribution in [0.2, 0.25) is 0 Å². The van der Waals surface area contributed by atoms with Crippen LogP contribution < -0.4 is 24.2 Å². The number of amides is 1. The van der Waals surface area contributed by atoms with E-state index in [-0.39, 0.29) is 11.1 Å². The molecule has 1 N–H and O–H groups in total. The molecule has 0 bridgehead atoms. The Bertz CT molecular complexity index is 1090. The van der Waals surface area contributed by atoms with Crippen LogP contribution in [0.3, 0.4) is 0 Å². The Labute approximate surface area is 206 Å². The second kappa shape index (κ2) is 11.8. The van der Waals surface area contributed by atoms with Crippen molar-refractivity contribution >= 4 is 17.4 Å². The number of hydrogen-bond donors (Lipinski definition) is 1. The minimum Gasteiger partial charge on any atom is -0.872 e. The Morgan fingerprint density at radius 3 is 2.29 bits per heavy atom. The van der Waals surface area contributed by atoms with Crippen molar-refractivity contribution in [3.8, 4) is 17.2 Å². The first-order chi connectivity index (χ1) is 16.9. The van der Waals surface area contributed by atoms with Crippen molar-refractivity contribution in [2.45, 2.75) is 26.3 Å². The molecule has 0 spiro atoms. The Hall–Kier alpha value is -3.52. The summed E-state index contributed by atoms with van der Waals surface area (Å²) >= 11 is 0. The van der Waals surface area contributed by atoms with Crippen LogP contribution in [0.5, 0.6) is 17.2 Å². The van der Waals surface area contributed by atoms with Crippen molar-refractivity contribution < 1.29 is 33.8 Å². The zero-order valence-corrected chi connectivity index (χ0v) is 21.1. The van der Waals surface area contributed by atoms with E-state index in [1.807, 2.05) is 0 Å². The molecule has 0 aliphatic carbocycles. The number of ether oxygens (including phenoxy) is 3. The second-order valence-electron chi connectivity index (χ2n) is 8.37. The molecule has 1 amide bonds. The second-order valence-corrected chi connectivity index (χ2v) is 8.37. The molecule has 1 fully saturated rings. The number of nitrogens with zero attached hydrogens (tertiary/aromatic N) is 1. The molecular weight excluding hydrogens is 448 g/mol. The van der Waals surface area contributed by atoms with Crippen LogP contribution in [0.25, 0.3) is 5.76 Å². The smallest absolute Gasteiger partial charge is 0.295 e. The van der Waals surface area contributed by atoms with Gasteiger partial charge in [0.05, 0.1) is 47.0 Å². The minimum absolute atomic E-state index is 0.0926. The number of carbonyl (C=O) groups is 2.